The van der Waals surface area contributed by atoms with Crippen LogP contribution >= 0.6 is 0 Å². The Morgan fingerprint density at radius 1 is 1.31 bits per heavy atom. The van der Waals surface area contributed by atoms with E-state index in [0.29, 0.717) is 0 Å². The summed E-state index contributed by atoms with van der Waals surface area (Å²) in [5, 5.41) is 21.9. The third kappa shape index (κ3) is 3.84. The Morgan fingerprint density at radius 2 is 1.94 bits per heavy atom. The molecular weight excluding hydrogens is 202 g/mol. The molecule has 1 unspecified atom stereocenters. The number of phenols is 2. The lowest BCUT2D eigenvalue weighted by molar-refractivity contribution is 0.446. The first kappa shape index (κ1) is 12.4. The number of terminal acetylenes is 1. The van der Waals surface area contributed by atoms with E-state index in [4.69, 9.17) is 6.42 Å². The summed E-state index contributed by atoms with van der Waals surface area (Å²) in [4.78, 5) is 0. The molecule has 0 aliphatic rings. The Hall–Kier alpha value is -1.66. The van der Waals surface area contributed by atoms with Crippen molar-refractivity contribution in [2.75, 3.05) is 6.54 Å². The van der Waals surface area contributed by atoms with Crippen molar-refractivity contribution in [1.29, 1.82) is 0 Å². The minimum atomic E-state index is 0.0762. The largest absolute Gasteiger partial charge is 0.508 e. The molecule has 16 heavy (non-hydrogen) atoms. The van der Waals surface area contributed by atoms with Gasteiger partial charge in [-0.15, -0.1) is 12.3 Å². The van der Waals surface area contributed by atoms with Crippen LogP contribution in [0.4, 0.5) is 0 Å². The van der Waals surface area contributed by atoms with Crippen LogP contribution in [0.1, 0.15) is 31.4 Å². The Morgan fingerprint density at radius 3 is 2.50 bits per heavy atom. The van der Waals surface area contributed by atoms with E-state index in [9.17, 15) is 10.2 Å². The second-order valence-electron chi connectivity index (χ2n) is 3.77. The molecule has 3 N–H and O–H groups in total. The molecule has 0 aliphatic heterocycles. The highest BCUT2D eigenvalue weighted by Crippen LogP contribution is 2.24. The van der Waals surface area contributed by atoms with E-state index < -0.39 is 0 Å². The van der Waals surface area contributed by atoms with Crippen molar-refractivity contribution in [3.8, 4) is 23.8 Å². The molecule has 3 heteroatoms. The minimum absolute atomic E-state index is 0.0762. The zero-order valence-electron chi connectivity index (χ0n) is 9.40. The number of hydrogen-bond donors (Lipinski definition) is 3. The van der Waals surface area contributed by atoms with Crippen LogP contribution in [0.25, 0.3) is 0 Å². The van der Waals surface area contributed by atoms with E-state index in [0.717, 1.165) is 24.9 Å². The van der Waals surface area contributed by atoms with E-state index in [1.165, 1.54) is 6.07 Å². The highest BCUT2D eigenvalue weighted by Gasteiger charge is 2.06. The molecule has 1 aromatic rings. The van der Waals surface area contributed by atoms with Gasteiger partial charge in [-0.3, -0.25) is 0 Å². The second-order valence-corrected chi connectivity index (χ2v) is 3.77. The van der Waals surface area contributed by atoms with Crippen LogP contribution in [0, 0.1) is 12.3 Å². The standard InChI is InChI=1S/C13H17NO2/c1-3-4-5-6-14-10(2)11-7-12(15)9-13(16)8-11/h1,7-10,14-16H,4-6H2,2H3. The van der Waals surface area contributed by atoms with Gasteiger partial charge in [0.1, 0.15) is 11.5 Å². The van der Waals surface area contributed by atoms with E-state index >= 15 is 0 Å². The quantitative estimate of drug-likeness (QED) is 0.525. The van der Waals surface area contributed by atoms with Gasteiger partial charge in [-0.1, -0.05) is 0 Å². The maximum atomic E-state index is 9.34. The van der Waals surface area contributed by atoms with Crippen molar-refractivity contribution in [3.63, 3.8) is 0 Å². The van der Waals surface area contributed by atoms with E-state index in [1.54, 1.807) is 12.1 Å². The topological polar surface area (TPSA) is 52.5 Å². The first-order valence-electron chi connectivity index (χ1n) is 5.33. The highest BCUT2D eigenvalue weighted by molar-refractivity contribution is 5.37. The molecular formula is C13H17NO2. The number of aromatic hydroxyl groups is 2. The zero-order chi connectivity index (χ0) is 12.0. The lowest BCUT2D eigenvalue weighted by Gasteiger charge is -2.14. The molecule has 86 valence electrons. The van der Waals surface area contributed by atoms with E-state index in [2.05, 4.69) is 11.2 Å². The average molecular weight is 219 g/mol. The van der Waals surface area contributed by atoms with Gasteiger partial charge in [-0.25, -0.2) is 0 Å². The van der Waals surface area contributed by atoms with Crippen molar-refractivity contribution in [1.82, 2.24) is 5.32 Å². The van der Waals surface area contributed by atoms with Crippen molar-refractivity contribution in [2.45, 2.75) is 25.8 Å². The van der Waals surface area contributed by atoms with Crippen LogP contribution < -0.4 is 5.32 Å². The minimum Gasteiger partial charge on any atom is -0.508 e. The average Bonchev–Trinajstić information content (AvgIpc) is 2.22. The molecule has 0 fully saturated rings. The normalized spacial score (nSPS) is 12.0. The summed E-state index contributed by atoms with van der Waals surface area (Å²) in [6.07, 6.45) is 6.83. The van der Waals surface area contributed by atoms with Crippen molar-refractivity contribution in [3.05, 3.63) is 23.8 Å². The Labute approximate surface area is 96.1 Å². The first-order chi connectivity index (χ1) is 7.63. The smallest absolute Gasteiger partial charge is 0.119 e. The third-order valence-corrected chi connectivity index (χ3v) is 2.37. The number of nitrogens with one attached hydrogen (secondary N) is 1. The Kier molecular flexibility index (Phi) is 4.68. The number of phenolic OH excluding ortho intramolecular Hbond substituents is 2. The number of rotatable bonds is 5. The fourth-order valence-corrected chi connectivity index (χ4v) is 1.49. The van der Waals surface area contributed by atoms with Crippen molar-refractivity contribution >= 4 is 0 Å². The SMILES string of the molecule is C#CCCCNC(C)c1cc(O)cc(O)c1. The fraction of sp³-hybridized carbons (Fsp3) is 0.385. The lowest BCUT2D eigenvalue weighted by atomic mass is 10.1. The molecule has 1 atom stereocenters. The summed E-state index contributed by atoms with van der Waals surface area (Å²) in [6.45, 7) is 2.80. The van der Waals surface area contributed by atoms with Crippen LogP contribution in [0.3, 0.4) is 0 Å². The molecule has 1 rings (SSSR count). The second kappa shape index (κ2) is 6.04. The number of unbranched alkanes of at least 4 members (excludes halogenated alkanes) is 1. The van der Waals surface area contributed by atoms with Crippen LogP contribution in [-0.4, -0.2) is 16.8 Å². The molecule has 0 saturated heterocycles. The highest BCUT2D eigenvalue weighted by atomic mass is 16.3. The Bertz CT molecular complexity index is 362. The van der Waals surface area contributed by atoms with Crippen LogP contribution in [0.15, 0.2) is 18.2 Å². The Balaban J connectivity index is 2.52. The molecule has 0 bridgehead atoms. The summed E-state index contributed by atoms with van der Waals surface area (Å²) in [5.41, 5.74) is 0.859. The molecule has 0 aliphatic carbocycles. The van der Waals surface area contributed by atoms with Crippen LogP contribution in [0.2, 0.25) is 0 Å². The van der Waals surface area contributed by atoms with Crippen LogP contribution in [-0.2, 0) is 0 Å². The summed E-state index contributed by atoms with van der Waals surface area (Å²) in [5.74, 6) is 2.73. The molecule has 0 saturated carbocycles. The van der Waals surface area contributed by atoms with Gasteiger partial charge in [0.05, 0.1) is 0 Å². The molecule has 1 aromatic carbocycles. The van der Waals surface area contributed by atoms with Gasteiger partial charge >= 0.3 is 0 Å². The summed E-state index contributed by atoms with van der Waals surface area (Å²) >= 11 is 0. The molecule has 3 nitrogen and oxygen atoms in total. The predicted octanol–water partition coefficient (Wildman–Crippen LogP) is 2.16. The van der Waals surface area contributed by atoms with Gasteiger partial charge in [0.15, 0.2) is 0 Å². The maximum Gasteiger partial charge on any atom is 0.119 e. The number of hydrogen-bond acceptors (Lipinski definition) is 3. The fourth-order valence-electron chi connectivity index (χ4n) is 1.49. The van der Waals surface area contributed by atoms with Gasteiger partial charge in [0.25, 0.3) is 0 Å². The molecule has 0 heterocycles. The lowest BCUT2D eigenvalue weighted by Crippen LogP contribution is -2.19. The summed E-state index contributed by atoms with van der Waals surface area (Å²) in [6, 6.07) is 4.67. The van der Waals surface area contributed by atoms with Gasteiger partial charge in [0, 0.05) is 18.5 Å². The van der Waals surface area contributed by atoms with Crippen molar-refractivity contribution < 1.29 is 10.2 Å². The molecule has 0 spiro atoms. The van der Waals surface area contributed by atoms with Gasteiger partial charge in [0.2, 0.25) is 0 Å². The monoisotopic (exact) mass is 219 g/mol. The third-order valence-electron chi connectivity index (χ3n) is 2.37. The predicted molar refractivity (Wildman–Crippen MR) is 64.3 cm³/mol. The zero-order valence-corrected chi connectivity index (χ0v) is 9.40. The van der Waals surface area contributed by atoms with Crippen LogP contribution in [0.5, 0.6) is 11.5 Å². The number of benzene rings is 1. The summed E-state index contributed by atoms with van der Waals surface area (Å²) in [7, 11) is 0. The first-order valence-corrected chi connectivity index (χ1v) is 5.33. The van der Waals surface area contributed by atoms with E-state index in [1.807, 2.05) is 6.92 Å². The molecule has 0 amide bonds. The van der Waals surface area contributed by atoms with Crippen molar-refractivity contribution in [2.24, 2.45) is 0 Å². The van der Waals surface area contributed by atoms with Gasteiger partial charge in [-0.2, -0.15) is 0 Å². The van der Waals surface area contributed by atoms with Gasteiger partial charge < -0.3 is 15.5 Å². The molecule has 0 aromatic heterocycles. The maximum absolute atomic E-state index is 9.34. The molecule has 0 radical (unpaired) electrons. The van der Waals surface area contributed by atoms with Gasteiger partial charge in [-0.05, 0) is 37.6 Å². The van der Waals surface area contributed by atoms with E-state index in [-0.39, 0.29) is 17.5 Å². The summed E-state index contributed by atoms with van der Waals surface area (Å²) < 4.78 is 0.